The SMILES string of the molecule is Cc1ccc(S(=O)(=O)N2CCN(c3ccc4nnc(C)n4n3)CC2)c(C)c1. The van der Waals surface area contributed by atoms with E-state index in [0.29, 0.717) is 36.7 Å². The lowest BCUT2D eigenvalue weighted by molar-refractivity contribution is 0.383. The molecule has 142 valence electrons. The summed E-state index contributed by atoms with van der Waals surface area (Å²) in [5.74, 6) is 1.52. The van der Waals surface area contributed by atoms with Crippen molar-refractivity contribution in [3.63, 3.8) is 0 Å². The van der Waals surface area contributed by atoms with Gasteiger partial charge in [0.15, 0.2) is 11.5 Å². The monoisotopic (exact) mass is 386 g/mol. The normalized spacial score (nSPS) is 16.2. The lowest BCUT2D eigenvalue weighted by Gasteiger charge is -2.34. The fourth-order valence-electron chi connectivity index (χ4n) is 3.44. The minimum absolute atomic E-state index is 0.390. The molecule has 0 unspecified atom stereocenters. The van der Waals surface area contributed by atoms with E-state index >= 15 is 0 Å². The van der Waals surface area contributed by atoms with Crippen LogP contribution in [-0.4, -0.2) is 58.7 Å². The van der Waals surface area contributed by atoms with Gasteiger partial charge in [-0.2, -0.15) is 8.82 Å². The highest BCUT2D eigenvalue weighted by atomic mass is 32.2. The van der Waals surface area contributed by atoms with Crippen LogP contribution in [0.2, 0.25) is 0 Å². The van der Waals surface area contributed by atoms with E-state index in [2.05, 4.69) is 20.2 Å². The first-order chi connectivity index (χ1) is 12.9. The molecule has 0 saturated carbocycles. The number of nitrogens with zero attached hydrogens (tertiary/aromatic N) is 6. The van der Waals surface area contributed by atoms with E-state index in [1.54, 1.807) is 14.9 Å². The van der Waals surface area contributed by atoms with E-state index in [1.807, 2.05) is 45.0 Å². The summed E-state index contributed by atoms with van der Waals surface area (Å²) in [6, 6.07) is 9.23. The maximum atomic E-state index is 13.0. The Kier molecular flexibility index (Phi) is 4.35. The van der Waals surface area contributed by atoms with Gasteiger partial charge in [-0.05, 0) is 44.5 Å². The molecule has 1 fully saturated rings. The quantitative estimate of drug-likeness (QED) is 0.679. The second-order valence-corrected chi connectivity index (χ2v) is 8.78. The van der Waals surface area contributed by atoms with Crippen molar-refractivity contribution in [2.24, 2.45) is 0 Å². The summed E-state index contributed by atoms with van der Waals surface area (Å²) in [7, 11) is -3.49. The minimum atomic E-state index is -3.49. The van der Waals surface area contributed by atoms with Crippen LogP contribution in [0.25, 0.3) is 5.65 Å². The number of hydrogen-bond donors (Lipinski definition) is 0. The first-order valence-corrected chi connectivity index (χ1v) is 10.3. The van der Waals surface area contributed by atoms with Crippen LogP contribution < -0.4 is 4.90 Å². The summed E-state index contributed by atoms with van der Waals surface area (Å²) in [6.45, 7) is 7.69. The van der Waals surface area contributed by atoms with Crippen LogP contribution >= 0.6 is 0 Å². The summed E-state index contributed by atoms with van der Waals surface area (Å²) in [5, 5.41) is 12.6. The van der Waals surface area contributed by atoms with Crippen molar-refractivity contribution in [2.75, 3.05) is 31.1 Å². The summed E-state index contributed by atoms with van der Waals surface area (Å²) < 4.78 is 29.3. The summed E-state index contributed by atoms with van der Waals surface area (Å²) in [6.07, 6.45) is 0. The molecule has 27 heavy (non-hydrogen) atoms. The van der Waals surface area contributed by atoms with Gasteiger partial charge in [0.05, 0.1) is 4.90 Å². The van der Waals surface area contributed by atoms with Crippen molar-refractivity contribution in [1.29, 1.82) is 0 Å². The molecule has 0 bridgehead atoms. The number of rotatable bonds is 3. The fraction of sp³-hybridized carbons (Fsp3) is 0.389. The Morgan fingerprint density at radius 1 is 0.926 bits per heavy atom. The van der Waals surface area contributed by atoms with Crippen molar-refractivity contribution in [1.82, 2.24) is 24.1 Å². The summed E-state index contributed by atoms with van der Waals surface area (Å²) >= 11 is 0. The Hall–Kier alpha value is -2.52. The van der Waals surface area contributed by atoms with E-state index in [9.17, 15) is 8.42 Å². The number of benzene rings is 1. The Morgan fingerprint density at radius 2 is 1.67 bits per heavy atom. The number of anilines is 1. The molecule has 8 nitrogen and oxygen atoms in total. The average Bonchev–Trinajstić information content (AvgIpc) is 3.02. The molecule has 0 amide bonds. The molecule has 1 aliphatic heterocycles. The van der Waals surface area contributed by atoms with Crippen molar-refractivity contribution in [2.45, 2.75) is 25.7 Å². The third-order valence-corrected chi connectivity index (χ3v) is 6.97. The maximum absolute atomic E-state index is 13.0. The standard InChI is InChI=1S/C18H22N6O2S/c1-13-4-5-16(14(2)12-13)27(25,26)23-10-8-22(9-11-23)18-7-6-17-20-19-15(3)24(17)21-18/h4-7,12H,8-11H2,1-3H3. The van der Waals surface area contributed by atoms with Gasteiger partial charge in [-0.25, -0.2) is 8.42 Å². The number of piperazine rings is 1. The van der Waals surface area contributed by atoms with Crippen molar-refractivity contribution >= 4 is 21.5 Å². The molecule has 3 heterocycles. The third kappa shape index (κ3) is 3.17. The number of sulfonamides is 1. The Labute approximate surface area is 158 Å². The molecular weight excluding hydrogens is 364 g/mol. The van der Waals surface area contributed by atoms with Crippen LogP contribution in [0, 0.1) is 20.8 Å². The van der Waals surface area contributed by atoms with Gasteiger partial charge < -0.3 is 4.90 Å². The van der Waals surface area contributed by atoms with Crippen LogP contribution in [-0.2, 0) is 10.0 Å². The fourth-order valence-corrected chi connectivity index (χ4v) is 5.07. The summed E-state index contributed by atoms with van der Waals surface area (Å²) in [5.41, 5.74) is 2.54. The number of hydrogen-bond acceptors (Lipinski definition) is 6. The van der Waals surface area contributed by atoms with E-state index in [0.717, 1.165) is 22.8 Å². The van der Waals surface area contributed by atoms with Gasteiger partial charge >= 0.3 is 0 Å². The van der Waals surface area contributed by atoms with Crippen LogP contribution in [0.3, 0.4) is 0 Å². The predicted molar refractivity (Wildman–Crippen MR) is 102 cm³/mol. The molecule has 0 radical (unpaired) electrons. The van der Waals surface area contributed by atoms with Gasteiger partial charge in [0.25, 0.3) is 0 Å². The Bertz CT molecular complexity index is 1100. The molecule has 1 aromatic carbocycles. The Morgan fingerprint density at radius 3 is 2.37 bits per heavy atom. The zero-order valence-corrected chi connectivity index (χ0v) is 16.4. The highest BCUT2D eigenvalue weighted by molar-refractivity contribution is 7.89. The lowest BCUT2D eigenvalue weighted by Crippen LogP contribution is -2.49. The number of aryl methyl sites for hydroxylation is 3. The van der Waals surface area contributed by atoms with Crippen molar-refractivity contribution < 1.29 is 8.42 Å². The second kappa shape index (κ2) is 6.58. The molecule has 1 saturated heterocycles. The van der Waals surface area contributed by atoms with Crippen molar-refractivity contribution in [3.05, 3.63) is 47.3 Å². The third-order valence-electron chi connectivity index (χ3n) is 4.92. The van der Waals surface area contributed by atoms with Crippen LogP contribution in [0.1, 0.15) is 17.0 Å². The van der Waals surface area contributed by atoms with Crippen molar-refractivity contribution in [3.8, 4) is 0 Å². The smallest absolute Gasteiger partial charge is 0.243 e. The maximum Gasteiger partial charge on any atom is 0.243 e. The highest BCUT2D eigenvalue weighted by Gasteiger charge is 2.30. The molecule has 1 aliphatic rings. The molecule has 9 heteroatoms. The molecule has 4 rings (SSSR count). The van der Waals surface area contributed by atoms with Crippen LogP contribution in [0.5, 0.6) is 0 Å². The van der Waals surface area contributed by atoms with E-state index in [-0.39, 0.29) is 0 Å². The highest BCUT2D eigenvalue weighted by Crippen LogP contribution is 2.23. The van der Waals surface area contributed by atoms with E-state index in [4.69, 9.17) is 0 Å². The number of aromatic nitrogens is 4. The van der Waals surface area contributed by atoms with Gasteiger partial charge in [-0.1, -0.05) is 17.7 Å². The molecule has 0 aliphatic carbocycles. The topological polar surface area (TPSA) is 83.7 Å². The molecule has 0 spiro atoms. The Balaban J connectivity index is 1.53. The van der Waals surface area contributed by atoms with Gasteiger partial charge in [-0.15, -0.1) is 15.3 Å². The van der Waals surface area contributed by atoms with Crippen LogP contribution in [0.4, 0.5) is 5.82 Å². The second-order valence-electron chi connectivity index (χ2n) is 6.87. The molecule has 2 aromatic heterocycles. The molecular formula is C18H22N6O2S. The lowest BCUT2D eigenvalue weighted by atomic mass is 10.2. The van der Waals surface area contributed by atoms with Gasteiger partial charge in [-0.3, -0.25) is 0 Å². The van der Waals surface area contributed by atoms with Gasteiger partial charge in [0.2, 0.25) is 10.0 Å². The average molecular weight is 386 g/mol. The van der Waals surface area contributed by atoms with E-state index in [1.165, 1.54) is 0 Å². The van der Waals surface area contributed by atoms with Gasteiger partial charge in [0.1, 0.15) is 5.82 Å². The molecule has 0 N–H and O–H groups in total. The molecule has 0 atom stereocenters. The first kappa shape index (κ1) is 17.9. The summed E-state index contributed by atoms with van der Waals surface area (Å²) in [4.78, 5) is 2.48. The molecule has 3 aromatic rings. The van der Waals surface area contributed by atoms with Gasteiger partial charge in [0, 0.05) is 26.2 Å². The first-order valence-electron chi connectivity index (χ1n) is 8.88. The largest absolute Gasteiger partial charge is 0.353 e. The minimum Gasteiger partial charge on any atom is -0.353 e. The zero-order valence-electron chi connectivity index (χ0n) is 15.6. The zero-order chi connectivity index (χ0) is 19.2. The van der Waals surface area contributed by atoms with Crippen LogP contribution in [0.15, 0.2) is 35.2 Å². The number of fused-ring (bicyclic) bond motifs is 1. The van der Waals surface area contributed by atoms with E-state index < -0.39 is 10.0 Å². The predicted octanol–water partition coefficient (Wildman–Crippen LogP) is 1.56.